The molecule has 7 nitrogen and oxygen atoms in total. The number of esters is 1. The number of allylic oxidation sites excluding steroid dienone is 1. The largest absolute Gasteiger partial charge is 0.494 e. The summed E-state index contributed by atoms with van der Waals surface area (Å²) in [6.07, 6.45) is 0. The molecule has 2 N–H and O–H groups in total. The standard InChI is InChI=1S/C18H19BrN2O5/c1-4-25-13-6-5-10(19)7-11(13)15-12(8-20)17(21)26-14(9-23-2)16(15)18(22)24-3/h5-7,15H,4,9,21H2,1-3H3. The molecule has 1 atom stereocenters. The van der Waals surface area contributed by atoms with Crippen LogP contribution in [0.25, 0.3) is 0 Å². The molecule has 1 aliphatic rings. The number of nitrogens with two attached hydrogens (primary N) is 1. The molecule has 1 aromatic carbocycles. The van der Waals surface area contributed by atoms with E-state index in [1.807, 2.05) is 19.1 Å². The van der Waals surface area contributed by atoms with Crippen LogP contribution in [0.5, 0.6) is 5.75 Å². The summed E-state index contributed by atoms with van der Waals surface area (Å²) >= 11 is 3.42. The number of carbonyl (C=O) groups is 1. The van der Waals surface area contributed by atoms with Gasteiger partial charge in [-0.1, -0.05) is 15.9 Å². The van der Waals surface area contributed by atoms with Crippen LogP contribution in [0.15, 0.2) is 45.5 Å². The second-order valence-electron chi connectivity index (χ2n) is 5.30. The SMILES string of the molecule is CCOc1ccc(Br)cc1C1C(C#N)=C(N)OC(COC)=C1C(=O)OC. The Bertz CT molecular complexity index is 810. The minimum absolute atomic E-state index is 0.00167. The van der Waals surface area contributed by atoms with Crippen LogP contribution in [0.3, 0.4) is 0 Å². The molecule has 2 rings (SSSR count). The fourth-order valence-corrected chi connectivity index (χ4v) is 3.11. The van der Waals surface area contributed by atoms with Gasteiger partial charge in [-0.2, -0.15) is 5.26 Å². The molecule has 0 spiro atoms. The second kappa shape index (κ2) is 8.74. The maximum atomic E-state index is 12.5. The fraction of sp³-hybridized carbons (Fsp3) is 0.333. The summed E-state index contributed by atoms with van der Waals surface area (Å²) in [5.74, 6) is -0.792. The van der Waals surface area contributed by atoms with Crippen LogP contribution in [0, 0.1) is 11.3 Å². The number of nitrogens with zero attached hydrogens (tertiary/aromatic N) is 1. The summed E-state index contributed by atoms with van der Waals surface area (Å²) in [6, 6.07) is 7.38. The second-order valence-corrected chi connectivity index (χ2v) is 6.22. The number of hydrogen-bond acceptors (Lipinski definition) is 7. The van der Waals surface area contributed by atoms with Gasteiger partial charge in [0.1, 0.15) is 29.8 Å². The maximum absolute atomic E-state index is 12.5. The maximum Gasteiger partial charge on any atom is 0.338 e. The first-order valence-corrected chi connectivity index (χ1v) is 8.57. The van der Waals surface area contributed by atoms with Crippen LogP contribution in [0.1, 0.15) is 18.4 Å². The van der Waals surface area contributed by atoms with Crippen LogP contribution < -0.4 is 10.5 Å². The Morgan fingerprint density at radius 3 is 2.73 bits per heavy atom. The smallest absolute Gasteiger partial charge is 0.338 e. The highest BCUT2D eigenvalue weighted by Gasteiger charge is 2.39. The third kappa shape index (κ3) is 3.84. The molecule has 0 aliphatic carbocycles. The van der Waals surface area contributed by atoms with Crippen molar-refractivity contribution in [2.75, 3.05) is 27.4 Å². The van der Waals surface area contributed by atoms with Gasteiger partial charge < -0.3 is 24.7 Å². The van der Waals surface area contributed by atoms with Crippen molar-refractivity contribution >= 4 is 21.9 Å². The van der Waals surface area contributed by atoms with E-state index >= 15 is 0 Å². The van der Waals surface area contributed by atoms with E-state index in [1.54, 1.807) is 12.1 Å². The zero-order chi connectivity index (χ0) is 19.3. The Labute approximate surface area is 160 Å². The van der Waals surface area contributed by atoms with Crippen molar-refractivity contribution in [2.24, 2.45) is 5.73 Å². The third-order valence-corrected chi connectivity index (χ3v) is 4.25. The zero-order valence-corrected chi connectivity index (χ0v) is 16.3. The molecule has 1 aromatic rings. The van der Waals surface area contributed by atoms with Gasteiger partial charge in [0.25, 0.3) is 0 Å². The van der Waals surface area contributed by atoms with Crippen molar-refractivity contribution < 1.29 is 23.7 Å². The van der Waals surface area contributed by atoms with E-state index in [0.29, 0.717) is 17.9 Å². The van der Waals surface area contributed by atoms with Gasteiger partial charge in [0.15, 0.2) is 0 Å². The predicted molar refractivity (Wildman–Crippen MR) is 96.9 cm³/mol. The lowest BCUT2D eigenvalue weighted by Gasteiger charge is -2.28. The van der Waals surface area contributed by atoms with Crippen molar-refractivity contribution in [1.29, 1.82) is 5.26 Å². The van der Waals surface area contributed by atoms with Gasteiger partial charge in [0, 0.05) is 17.1 Å². The highest BCUT2D eigenvalue weighted by molar-refractivity contribution is 9.10. The normalized spacial score (nSPS) is 16.8. The van der Waals surface area contributed by atoms with Gasteiger partial charge in [-0.15, -0.1) is 0 Å². The summed E-state index contributed by atoms with van der Waals surface area (Å²) in [5.41, 5.74) is 6.79. The first kappa shape index (κ1) is 19.8. The molecule has 0 aromatic heterocycles. The molecule has 0 saturated heterocycles. The number of carbonyl (C=O) groups excluding carboxylic acids is 1. The lowest BCUT2D eigenvalue weighted by molar-refractivity contribution is -0.136. The molecular formula is C18H19BrN2O5. The van der Waals surface area contributed by atoms with E-state index in [-0.39, 0.29) is 29.4 Å². The molecule has 0 saturated carbocycles. The highest BCUT2D eigenvalue weighted by atomic mass is 79.9. The van der Waals surface area contributed by atoms with E-state index in [9.17, 15) is 10.1 Å². The molecular weight excluding hydrogens is 404 g/mol. The Hall–Kier alpha value is -2.50. The first-order chi connectivity index (χ1) is 12.5. The van der Waals surface area contributed by atoms with Crippen molar-refractivity contribution in [3.63, 3.8) is 0 Å². The topological polar surface area (TPSA) is 104 Å². The number of nitriles is 1. The van der Waals surface area contributed by atoms with E-state index < -0.39 is 11.9 Å². The Morgan fingerprint density at radius 2 is 2.15 bits per heavy atom. The van der Waals surface area contributed by atoms with Crippen molar-refractivity contribution in [3.8, 4) is 11.8 Å². The summed E-state index contributed by atoms with van der Waals surface area (Å²) in [5, 5.41) is 9.65. The van der Waals surface area contributed by atoms with Gasteiger partial charge >= 0.3 is 5.97 Å². The Kier molecular flexibility index (Phi) is 6.66. The van der Waals surface area contributed by atoms with Gasteiger partial charge in [-0.25, -0.2) is 4.79 Å². The van der Waals surface area contributed by atoms with E-state index in [0.717, 1.165) is 4.47 Å². The minimum Gasteiger partial charge on any atom is -0.494 e. The fourth-order valence-electron chi connectivity index (χ4n) is 2.73. The van der Waals surface area contributed by atoms with Crippen molar-refractivity contribution in [3.05, 3.63) is 51.0 Å². The molecule has 1 aliphatic heterocycles. The number of rotatable bonds is 6. The quantitative estimate of drug-likeness (QED) is 0.702. The predicted octanol–water partition coefficient (Wildman–Crippen LogP) is 2.73. The monoisotopic (exact) mass is 422 g/mol. The molecule has 0 radical (unpaired) electrons. The average Bonchev–Trinajstić information content (AvgIpc) is 2.62. The van der Waals surface area contributed by atoms with Crippen LogP contribution in [0.2, 0.25) is 0 Å². The molecule has 8 heteroatoms. The van der Waals surface area contributed by atoms with Crippen LogP contribution in [-0.4, -0.2) is 33.4 Å². The summed E-state index contributed by atoms with van der Waals surface area (Å²) < 4.78 is 22.0. The number of methoxy groups -OCH3 is 2. The lowest BCUT2D eigenvalue weighted by atomic mass is 9.82. The van der Waals surface area contributed by atoms with Gasteiger partial charge in [-0.05, 0) is 25.1 Å². The van der Waals surface area contributed by atoms with Gasteiger partial charge in [0.05, 0.1) is 25.2 Å². The molecule has 0 amide bonds. The van der Waals surface area contributed by atoms with Crippen LogP contribution >= 0.6 is 15.9 Å². The molecule has 1 heterocycles. The molecule has 0 bridgehead atoms. The van der Waals surface area contributed by atoms with Gasteiger partial charge in [-0.3, -0.25) is 0 Å². The van der Waals surface area contributed by atoms with E-state index in [4.69, 9.17) is 24.7 Å². The summed E-state index contributed by atoms with van der Waals surface area (Å²) in [6.45, 7) is 2.26. The van der Waals surface area contributed by atoms with Crippen molar-refractivity contribution in [2.45, 2.75) is 12.8 Å². The van der Waals surface area contributed by atoms with E-state index in [1.165, 1.54) is 14.2 Å². The number of benzene rings is 1. The zero-order valence-electron chi connectivity index (χ0n) is 14.7. The van der Waals surface area contributed by atoms with E-state index in [2.05, 4.69) is 15.9 Å². The van der Waals surface area contributed by atoms with Crippen LogP contribution in [0.4, 0.5) is 0 Å². The molecule has 138 valence electrons. The number of hydrogen-bond donors (Lipinski definition) is 1. The summed E-state index contributed by atoms with van der Waals surface area (Å²) in [7, 11) is 2.72. The van der Waals surface area contributed by atoms with Crippen LogP contribution in [-0.2, 0) is 19.0 Å². The molecule has 1 unspecified atom stereocenters. The lowest BCUT2D eigenvalue weighted by Crippen LogP contribution is -2.27. The molecule has 0 fully saturated rings. The summed E-state index contributed by atoms with van der Waals surface area (Å²) in [4.78, 5) is 12.5. The Morgan fingerprint density at radius 1 is 1.42 bits per heavy atom. The number of halogens is 1. The van der Waals surface area contributed by atoms with Crippen molar-refractivity contribution in [1.82, 2.24) is 0 Å². The minimum atomic E-state index is -0.801. The highest BCUT2D eigenvalue weighted by Crippen LogP contribution is 2.43. The average molecular weight is 423 g/mol. The number of ether oxygens (including phenoxy) is 4. The third-order valence-electron chi connectivity index (χ3n) is 3.76. The van der Waals surface area contributed by atoms with Gasteiger partial charge in [0.2, 0.25) is 5.88 Å². The molecule has 26 heavy (non-hydrogen) atoms. The first-order valence-electron chi connectivity index (χ1n) is 7.78. The Balaban J connectivity index is 2.77.